The van der Waals surface area contributed by atoms with Gasteiger partial charge in [0.25, 0.3) is 0 Å². The molecule has 0 fully saturated rings. The van der Waals surface area contributed by atoms with E-state index in [1.165, 1.54) is 0 Å². The van der Waals surface area contributed by atoms with E-state index >= 15 is 0 Å². The zero-order valence-electron chi connectivity index (χ0n) is 31.0. The number of ether oxygens (including phenoxy) is 12. The molecule has 16 nitrogen and oxygen atoms in total. The minimum absolute atomic E-state index is 0.00883. The van der Waals surface area contributed by atoms with Gasteiger partial charge in [-0.3, -0.25) is 4.79 Å². The Bertz CT molecular complexity index is 679. The largest absolute Gasteiger partial charge is 0.382 e. The maximum Gasteiger partial charge on any atom is 0.222 e. The second-order valence-electron chi connectivity index (χ2n) is 10.1. The second kappa shape index (κ2) is 49.4. The molecule has 0 aliphatic carbocycles. The third-order valence-corrected chi connectivity index (χ3v) is 5.97. The van der Waals surface area contributed by atoms with E-state index in [4.69, 9.17) is 62.6 Å². The van der Waals surface area contributed by atoms with E-state index in [1.54, 1.807) is 14.2 Å². The van der Waals surface area contributed by atoms with Crippen molar-refractivity contribution in [1.82, 2.24) is 10.6 Å². The molecule has 0 aliphatic heterocycles. The summed E-state index contributed by atoms with van der Waals surface area (Å²) in [6.07, 6.45) is 8.01. The molecule has 0 radical (unpaired) electrons. The highest BCUT2D eigenvalue weighted by molar-refractivity contribution is 5.75. The molecule has 0 atom stereocenters. The van der Waals surface area contributed by atoms with Crippen LogP contribution in [0.1, 0.15) is 25.7 Å². The Morgan fingerprint density at radius 1 is 0.500 bits per heavy atom. The quantitative estimate of drug-likeness (QED) is 0.0443. The summed E-state index contributed by atoms with van der Waals surface area (Å²) in [4.78, 5) is 11.7. The number of methoxy groups -OCH3 is 1. The molecule has 0 bridgehead atoms. The molecule has 0 aliphatic rings. The van der Waals surface area contributed by atoms with Gasteiger partial charge in [0.2, 0.25) is 5.91 Å². The summed E-state index contributed by atoms with van der Waals surface area (Å²) in [5, 5.41) is 5.33. The summed E-state index contributed by atoms with van der Waals surface area (Å²) in [5.74, 6) is 0.00883. The second-order valence-corrected chi connectivity index (χ2v) is 10.1. The molecule has 0 heterocycles. The fourth-order valence-electron chi connectivity index (χ4n) is 3.37. The molecule has 298 valence electrons. The van der Waals surface area contributed by atoms with Crippen LogP contribution in [-0.2, 0) is 61.6 Å². The molecule has 0 spiro atoms. The van der Waals surface area contributed by atoms with Crippen molar-refractivity contribution >= 4 is 5.91 Å². The van der Waals surface area contributed by atoms with E-state index in [0.717, 1.165) is 19.3 Å². The van der Waals surface area contributed by atoms with Crippen molar-refractivity contribution in [3.63, 3.8) is 0 Å². The standard InChI is InChI=1S/C31H64N2O13.C3H5N/c1-35-9-10-37-13-14-39-17-18-41-21-22-43-25-26-45-29-30-46-28-27-44-24-23-42-20-19-40-16-15-38-12-11-36-8-5-31(34)33-7-4-2-3-6-32;1-3-4-2/h2-30,32H2,1H3,(H,33,34);1,4H,2H3. The van der Waals surface area contributed by atoms with E-state index in [1.807, 2.05) is 0 Å². The highest BCUT2D eigenvalue weighted by atomic mass is 16.6. The number of terminal acetylenes is 1. The van der Waals surface area contributed by atoms with Gasteiger partial charge < -0.3 is 73.2 Å². The van der Waals surface area contributed by atoms with Gasteiger partial charge in [0, 0.05) is 33.2 Å². The van der Waals surface area contributed by atoms with Gasteiger partial charge in [-0.2, -0.15) is 0 Å². The average Bonchev–Trinajstić information content (AvgIpc) is 3.13. The van der Waals surface area contributed by atoms with Gasteiger partial charge in [0.1, 0.15) is 0 Å². The van der Waals surface area contributed by atoms with Crippen LogP contribution < -0.4 is 16.4 Å². The van der Waals surface area contributed by atoms with Crippen LogP contribution in [0.5, 0.6) is 0 Å². The molecule has 16 heteroatoms. The Kier molecular flexibility index (Phi) is 49.8. The fourth-order valence-corrected chi connectivity index (χ4v) is 3.37. The van der Waals surface area contributed by atoms with Gasteiger partial charge in [-0.05, 0) is 19.4 Å². The first-order valence-electron chi connectivity index (χ1n) is 17.7. The highest BCUT2D eigenvalue weighted by Gasteiger charge is 2.01. The Labute approximate surface area is 301 Å². The van der Waals surface area contributed by atoms with Crippen molar-refractivity contribution < 1.29 is 61.6 Å². The van der Waals surface area contributed by atoms with Crippen LogP contribution in [0.15, 0.2) is 0 Å². The average molecular weight is 728 g/mol. The summed E-state index contributed by atoms with van der Waals surface area (Å²) >= 11 is 0. The number of carbonyl (C=O) groups is 1. The SMILES string of the molecule is C#CNC.COCCOCCOCCOCCOCCOCCOCCOCCOCCOCCOCCOCCC(=O)NCCCCCN. The number of rotatable bonds is 41. The van der Waals surface area contributed by atoms with Crippen molar-refractivity contribution in [2.24, 2.45) is 5.73 Å². The molecule has 0 unspecified atom stereocenters. The molecule has 0 rings (SSSR count). The molecule has 0 aromatic carbocycles. The van der Waals surface area contributed by atoms with Gasteiger partial charge in [-0.15, -0.1) is 0 Å². The molecule has 0 aromatic heterocycles. The summed E-state index contributed by atoms with van der Waals surface area (Å²) in [6, 6.07) is 2.18. The Hall–Kier alpha value is -1.69. The topological polar surface area (TPSA) is 178 Å². The Morgan fingerprint density at radius 2 is 0.780 bits per heavy atom. The maximum absolute atomic E-state index is 11.7. The van der Waals surface area contributed by atoms with Crippen LogP contribution in [0.3, 0.4) is 0 Å². The van der Waals surface area contributed by atoms with Crippen LogP contribution in [0.4, 0.5) is 0 Å². The molecule has 1 amide bonds. The molecular formula is C34H69N3O13. The summed E-state index contributed by atoms with van der Waals surface area (Å²) in [5.41, 5.74) is 5.44. The fraction of sp³-hybridized carbons (Fsp3) is 0.912. The first kappa shape index (κ1) is 50.4. The van der Waals surface area contributed by atoms with E-state index < -0.39 is 0 Å². The van der Waals surface area contributed by atoms with E-state index in [-0.39, 0.29) is 5.91 Å². The van der Waals surface area contributed by atoms with Crippen molar-refractivity contribution in [1.29, 1.82) is 0 Å². The predicted molar refractivity (Wildman–Crippen MR) is 189 cm³/mol. The number of amides is 1. The molecule has 0 aromatic rings. The lowest BCUT2D eigenvalue weighted by molar-refractivity contribution is -0.122. The van der Waals surface area contributed by atoms with Crippen LogP contribution in [0.2, 0.25) is 0 Å². The monoisotopic (exact) mass is 727 g/mol. The first-order chi connectivity index (χ1) is 24.7. The third kappa shape index (κ3) is 50.7. The molecule has 50 heavy (non-hydrogen) atoms. The third-order valence-electron chi connectivity index (χ3n) is 5.97. The van der Waals surface area contributed by atoms with Crippen LogP contribution in [0.25, 0.3) is 0 Å². The van der Waals surface area contributed by atoms with Crippen molar-refractivity contribution in [2.75, 3.05) is 179 Å². The minimum Gasteiger partial charge on any atom is -0.382 e. The van der Waals surface area contributed by atoms with Crippen LogP contribution >= 0.6 is 0 Å². The first-order valence-corrected chi connectivity index (χ1v) is 17.7. The van der Waals surface area contributed by atoms with Crippen molar-refractivity contribution in [3.8, 4) is 12.5 Å². The number of unbranched alkanes of at least 4 members (excludes halogenated alkanes) is 2. The van der Waals surface area contributed by atoms with Gasteiger partial charge in [-0.1, -0.05) is 12.8 Å². The maximum atomic E-state index is 11.7. The van der Waals surface area contributed by atoms with E-state index in [0.29, 0.717) is 171 Å². The van der Waals surface area contributed by atoms with Gasteiger partial charge in [-0.25, -0.2) is 0 Å². The minimum atomic E-state index is 0.00883. The van der Waals surface area contributed by atoms with Gasteiger partial charge in [0.05, 0.1) is 152 Å². The van der Waals surface area contributed by atoms with Gasteiger partial charge in [0.15, 0.2) is 0 Å². The number of nitrogens with one attached hydrogen (secondary N) is 2. The Balaban J connectivity index is 0. The van der Waals surface area contributed by atoms with E-state index in [9.17, 15) is 4.79 Å². The lowest BCUT2D eigenvalue weighted by Gasteiger charge is -2.09. The van der Waals surface area contributed by atoms with Crippen LogP contribution in [-0.4, -0.2) is 185 Å². The summed E-state index contributed by atoms with van der Waals surface area (Å²) in [6.45, 7) is 13.0. The number of hydrogen-bond acceptors (Lipinski definition) is 15. The Morgan fingerprint density at radius 3 is 1.04 bits per heavy atom. The van der Waals surface area contributed by atoms with Crippen molar-refractivity contribution in [2.45, 2.75) is 25.7 Å². The zero-order valence-corrected chi connectivity index (χ0v) is 31.0. The number of carbonyl (C=O) groups excluding carboxylic acids is 1. The number of hydrogen-bond donors (Lipinski definition) is 3. The van der Waals surface area contributed by atoms with Gasteiger partial charge >= 0.3 is 0 Å². The molecule has 0 saturated heterocycles. The molecule has 0 saturated carbocycles. The number of nitrogens with two attached hydrogens (primary N) is 1. The summed E-state index contributed by atoms with van der Waals surface area (Å²) in [7, 11) is 3.34. The predicted octanol–water partition coefficient (Wildman–Crippen LogP) is 0.247. The lowest BCUT2D eigenvalue weighted by atomic mass is 10.2. The molecular weight excluding hydrogens is 658 g/mol. The zero-order chi connectivity index (χ0) is 36.7. The summed E-state index contributed by atoms with van der Waals surface area (Å²) < 4.78 is 64.7. The smallest absolute Gasteiger partial charge is 0.222 e. The van der Waals surface area contributed by atoms with E-state index in [2.05, 4.69) is 23.1 Å². The van der Waals surface area contributed by atoms with Crippen LogP contribution in [0, 0.1) is 12.5 Å². The normalized spacial score (nSPS) is 10.8. The highest BCUT2D eigenvalue weighted by Crippen LogP contribution is 1.92. The molecule has 4 N–H and O–H groups in total. The lowest BCUT2D eigenvalue weighted by Crippen LogP contribution is -2.25. The van der Waals surface area contributed by atoms with Crippen molar-refractivity contribution in [3.05, 3.63) is 0 Å².